The molecule has 0 bridgehead atoms. The van der Waals surface area contributed by atoms with Crippen molar-refractivity contribution in [2.45, 2.75) is 39.7 Å². The largest absolute Gasteiger partial charge is 0.489 e. The fraction of sp³-hybridized carbons (Fsp3) is 0.316. The van der Waals surface area contributed by atoms with Crippen LogP contribution in [0.5, 0.6) is 5.75 Å². The van der Waals surface area contributed by atoms with Gasteiger partial charge in [-0.2, -0.15) is 0 Å². The highest BCUT2D eigenvalue weighted by atomic mass is 16.5. The first kappa shape index (κ1) is 15.3. The molecule has 0 aliphatic heterocycles. The normalized spacial score (nSPS) is 11.2. The van der Waals surface area contributed by atoms with Crippen molar-refractivity contribution in [1.29, 1.82) is 0 Å². The van der Waals surface area contributed by atoms with Crippen molar-refractivity contribution < 1.29 is 9.53 Å². The van der Waals surface area contributed by atoms with Crippen molar-refractivity contribution in [2.24, 2.45) is 0 Å². The maximum absolute atomic E-state index is 11.7. The molecular formula is C19H22O2. The van der Waals surface area contributed by atoms with Gasteiger partial charge in [0.1, 0.15) is 12.4 Å². The van der Waals surface area contributed by atoms with Gasteiger partial charge in [0.15, 0.2) is 5.78 Å². The van der Waals surface area contributed by atoms with Crippen LogP contribution < -0.4 is 4.74 Å². The smallest absolute Gasteiger partial charge is 0.159 e. The van der Waals surface area contributed by atoms with E-state index >= 15 is 0 Å². The minimum Gasteiger partial charge on any atom is -0.489 e. The lowest BCUT2D eigenvalue weighted by Crippen LogP contribution is -2.12. The molecule has 21 heavy (non-hydrogen) atoms. The number of Topliss-reactive ketones (excluding diaryl/α,β-unsaturated/α-hetero) is 1. The van der Waals surface area contributed by atoms with Crippen molar-refractivity contribution in [1.82, 2.24) is 0 Å². The first-order valence-corrected chi connectivity index (χ1v) is 7.19. The number of benzene rings is 2. The van der Waals surface area contributed by atoms with Crippen molar-refractivity contribution in [3.63, 3.8) is 0 Å². The van der Waals surface area contributed by atoms with Gasteiger partial charge in [-0.25, -0.2) is 0 Å². The average Bonchev–Trinajstić information content (AvgIpc) is 2.45. The van der Waals surface area contributed by atoms with E-state index < -0.39 is 0 Å². The van der Waals surface area contributed by atoms with E-state index in [2.05, 4.69) is 20.8 Å². The van der Waals surface area contributed by atoms with Gasteiger partial charge in [-0.15, -0.1) is 0 Å². The molecular weight excluding hydrogens is 260 g/mol. The van der Waals surface area contributed by atoms with Crippen molar-refractivity contribution in [3.05, 3.63) is 65.2 Å². The Kier molecular flexibility index (Phi) is 4.46. The van der Waals surface area contributed by atoms with E-state index in [4.69, 9.17) is 4.74 Å². The molecule has 2 rings (SSSR count). The van der Waals surface area contributed by atoms with Gasteiger partial charge in [0.2, 0.25) is 0 Å². The summed E-state index contributed by atoms with van der Waals surface area (Å²) in [4.78, 5) is 11.7. The Hall–Kier alpha value is -2.09. The van der Waals surface area contributed by atoms with Crippen LogP contribution in [0.25, 0.3) is 0 Å². The number of ether oxygens (including phenoxy) is 1. The lowest BCUT2D eigenvalue weighted by Gasteiger charge is -2.21. The zero-order chi connectivity index (χ0) is 15.5. The molecule has 0 aliphatic carbocycles. The summed E-state index contributed by atoms with van der Waals surface area (Å²) < 4.78 is 5.87. The molecule has 2 heteroatoms. The molecule has 2 aromatic rings. The molecule has 0 N–H and O–H groups in total. The number of ketones is 1. The molecule has 0 heterocycles. The molecule has 0 aromatic heterocycles. The van der Waals surface area contributed by atoms with Crippen LogP contribution in [-0.2, 0) is 12.0 Å². The lowest BCUT2D eigenvalue weighted by molar-refractivity contribution is 0.101. The molecule has 0 saturated carbocycles. The molecule has 0 spiro atoms. The number of carbonyl (C=O) groups is 1. The summed E-state index contributed by atoms with van der Waals surface area (Å²) in [7, 11) is 0. The van der Waals surface area contributed by atoms with E-state index in [1.54, 1.807) is 6.92 Å². The van der Waals surface area contributed by atoms with E-state index in [1.165, 1.54) is 0 Å². The maximum Gasteiger partial charge on any atom is 0.159 e. The molecule has 0 amide bonds. The van der Waals surface area contributed by atoms with Crippen molar-refractivity contribution >= 4 is 5.78 Å². The Labute approximate surface area is 126 Å². The maximum atomic E-state index is 11.7. The van der Waals surface area contributed by atoms with Crippen LogP contribution in [0.3, 0.4) is 0 Å². The summed E-state index contributed by atoms with van der Waals surface area (Å²) >= 11 is 0. The van der Waals surface area contributed by atoms with Crippen LogP contribution in [0.2, 0.25) is 0 Å². The number of hydrogen-bond donors (Lipinski definition) is 0. The predicted molar refractivity (Wildman–Crippen MR) is 85.9 cm³/mol. The van der Waals surface area contributed by atoms with Gasteiger partial charge in [0.25, 0.3) is 0 Å². The lowest BCUT2D eigenvalue weighted by atomic mass is 9.85. The molecule has 0 saturated heterocycles. The summed E-state index contributed by atoms with van der Waals surface area (Å²) in [6, 6.07) is 15.8. The topological polar surface area (TPSA) is 26.3 Å². The Morgan fingerprint density at radius 2 is 1.71 bits per heavy atom. The number of hydrogen-bond acceptors (Lipinski definition) is 2. The Balaban J connectivity index is 2.26. The van der Waals surface area contributed by atoms with E-state index in [9.17, 15) is 4.79 Å². The summed E-state index contributed by atoms with van der Waals surface area (Å²) in [5.41, 5.74) is 2.91. The zero-order valence-electron chi connectivity index (χ0n) is 13.1. The summed E-state index contributed by atoms with van der Waals surface area (Å²) in [5.74, 6) is 0.808. The standard InChI is InChI=1S/C19H22O2/c1-14(20)16-10-17(19(2,3)4)12-18(11-16)21-13-15-8-6-5-7-9-15/h5-12H,13H2,1-4H3. The second kappa shape index (κ2) is 6.13. The van der Waals surface area contributed by atoms with Crippen LogP contribution in [-0.4, -0.2) is 5.78 Å². The van der Waals surface area contributed by atoms with E-state index in [-0.39, 0.29) is 11.2 Å². The summed E-state index contributed by atoms with van der Waals surface area (Å²) in [6.07, 6.45) is 0. The third-order valence-electron chi connectivity index (χ3n) is 3.43. The van der Waals surface area contributed by atoms with Crippen molar-refractivity contribution in [2.75, 3.05) is 0 Å². The monoisotopic (exact) mass is 282 g/mol. The molecule has 0 unspecified atom stereocenters. The van der Waals surface area contributed by atoms with Crippen LogP contribution in [0.1, 0.15) is 49.2 Å². The third-order valence-corrected chi connectivity index (χ3v) is 3.43. The van der Waals surface area contributed by atoms with Crippen LogP contribution in [0.15, 0.2) is 48.5 Å². The SMILES string of the molecule is CC(=O)c1cc(OCc2ccccc2)cc(C(C)(C)C)c1. The third kappa shape index (κ3) is 4.19. The summed E-state index contributed by atoms with van der Waals surface area (Å²) in [5, 5.41) is 0. The predicted octanol–water partition coefficient (Wildman–Crippen LogP) is 4.77. The van der Waals surface area contributed by atoms with Gasteiger partial charge >= 0.3 is 0 Å². The van der Waals surface area contributed by atoms with E-state index in [1.807, 2.05) is 48.5 Å². The molecule has 2 aromatic carbocycles. The average molecular weight is 282 g/mol. The van der Waals surface area contributed by atoms with E-state index in [0.29, 0.717) is 12.2 Å². The highest BCUT2D eigenvalue weighted by Gasteiger charge is 2.17. The van der Waals surface area contributed by atoms with Crippen LogP contribution in [0, 0.1) is 0 Å². The Morgan fingerprint density at radius 3 is 2.29 bits per heavy atom. The minimum absolute atomic E-state index is 0.0175. The van der Waals surface area contributed by atoms with Crippen molar-refractivity contribution in [3.8, 4) is 5.75 Å². The van der Waals surface area contributed by atoms with Gasteiger partial charge in [0, 0.05) is 5.56 Å². The van der Waals surface area contributed by atoms with Gasteiger partial charge in [0.05, 0.1) is 0 Å². The van der Waals surface area contributed by atoms with Crippen LogP contribution in [0.4, 0.5) is 0 Å². The summed E-state index contributed by atoms with van der Waals surface area (Å²) in [6.45, 7) is 8.49. The molecule has 0 radical (unpaired) electrons. The highest BCUT2D eigenvalue weighted by molar-refractivity contribution is 5.94. The molecule has 0 aliphatic rings. The molecule has 2 nitrogen and oxygen atoms in total. The second-order valence-corrected chi connectivity index (χ2v) is 6.33. The first-order chi connectivity index (χ1) is 9.86. The van der Waals surface area contributed by atoms with Gasteiger partial charge in [-0.1, -0.05) is 51.1 Å². The second-order valence-electron chi connectivity index (χ2n) is 6.33. The van der Waals surface area contributed by atoms with Gasteiger partial charge in [-0.05, 0) is 41.7 Å². The quantitative estimate of drug-likeness (QED) is 0.755. The number of rotatable bonds is 4. The first-order valence-electron chi connectivity index (χ1n) is 7.19. The van der Waals surface area contributed by atoms with Gasteiger partial charge in [-0.3, -0.25) is 4.79 Å². The Bertz CT molecular complexity index is 622. The molecule has 0 atom stereocenters. The van der Waals surface area contributed by atoms with Crippen LogP contribution >= 0.6 is 0 Å². The van der Waals surface area contributed by atoms with E-state index in [0.717, 1.165) is 16.9 Å². The number of carbonyl (C=O) groups excluding carboxylic acids is 1. The molecule has 0 fully saturated rings. The van der Waals surface area contributed by atoms with Gasteiger partial charge < -0.3 is 4.74 Å². The zero-order valence-corrected chi connectivity index (χ0v) is 13.1. The fourth-order valence-corrected chi connectivity index (χ4v) is 2.06. The minimum atomic E-state index is -0.0175. The fourth-order valence-electron chi connectivity index (χ4n) is 2.06. The Morgan fingerprint density at radius 1 is 1.05 bits per heavy atom. The molecule has 110 valence electrons. The highest BCUT2D eigenvalue weighted by Crippen LogP contribution is 2.28.